The molecule has 1 aromatic rings. The fraction of sp³-hybridized carbons (Fsp3) is 0.533. The smallest absolute Gasteiger partial charge is 0.230 e. The van der Waals surface area contributed by atoms with E-state index >= 15 is 0 Å². The third-order valence-corrected chi connectivity index (χ3v) is 4.44. The lowest BCUT2D eigenvalue weighted by Gasteiger charge is -2.22. The first-order valence-electron chi connectivity index (χ1n) is 6.74. The van der Waals surface area contributed by atoms with Gasteiger partial charge in [0.25, 0.3) is 0 Å². The van der Waals surface area contributed by atoms with Gasteiger partial charge in [-0.3, -0.25) is 4.79 Å². The Morgan fingerprint density at radius 2 is 2.05 bits per heavy atom. The second kappa shape index (κ2) is 6.85. The highest BCUT2D eigenvalue weighted by Gasteiger charge is 2.25. The van der Waals surface area contributed by atoms with E-state index in [2.05, 4.69) is 12.2 Å². The molecule has 19 heavy (non-hydrogen) atoms. The Labute approximate surface area is 120 Å². The number of hydrogen-bond acceptors (Lipinski definition) is 3. The van der Waals surface area contributed by atoms with E-state index < -0.39 is 0 Å². The van der Waals surface area contributed by atoms with Crippen molar-refractivity contribution in [1.29, 1.82) is 0 Å². The molecule has 1 aromatic carbocycles. The van der Waals surface area contributed by atoms with Crippen LogP contribution in [0.4, 0.5) is 11.4 Å². The number of carbonyl (C=O) groups is 1. The molecule has 0 radical (unpaired) electrons. The number of hydrogen-bond donors (Lipinski definition) is 2. The molecule has 1 rings (SSSR count). The van der Waals surface area contributed by atoms with Crippen molar-refractivity contribution < 1.29 is 4.79 Å². The number of nitrogens with one attached hydrogen (secondary N) is 1. The number of rotatable bonds is 6. The fourth-order valence-corrected chi connectivity index (χ4v) is 2.21. The number of carbonyl (C=O) groups excluding carboxylic acids is 1. The molecule has 0 aliphatic heterocycles. The van der Waals surface area contributed by atoms with Crippen LogP contribution in [-0.2, 0) is 4.79 Å². The van der Waals surface area contributed by atoms with Crippen LogP contribution in [0.25, 0.3) is 0 Å². The zero-order valence-corrected chi connectivity index (χ0v) is 13.1. The molecule has 3 N–H and O–H groups in total. The molecular weight excluding hydrogens is 256 g/mol. The third-order valence-electron chi connectivity index (χ3n) is 3.24. The Kier molecular flexibility index (Phi) is 5.73. The molecule has 0 aliphatic carbocycles. The molecule has 0 saturated heterocycles. The number of anilines is 2. The summed E-state index contributed by atoms with van der Waals surface area (Å²) in [6.07, 6.45) is 1.92. The van der Waals surface area contributed by atoms with Crippen LogP contribution >= 0.6 is 11.8 Å². The van der Waals surface area contributed by atoms with Gasteiger partial charge in [-0.2, -0.15) is 0 Å². The minimum Gasteiger partial charge on any atom is -0.397 e. The maximum absolute atomic E-state index is 12.2. The van der Waals surface area contributed by atoms with Crippen molar-refractivity contribution >= 4 is 29.0 Å². The third kappa shape index (κ3) is 4.46. The standard InChI is InChI=1S/C15H24N2OS/c1-5-9-19-11-7-8-12(16)13(10-11)17-14(18)15(3,4)6-2/h7-8,10H,5-6,9,16H2,1-4H3,(H,17,18). The van der Waals surface area contributed by atoms with Gasteiger partial charge in [0.05, 0.1) is 11.4 Å². The maximum Gasteiger partial charge on any atom is 0.230 e. The van der Waals surface area contributed by atoms with Gasteiger partial charge in [-0.1, -0.05) is 27.7 Å². The van der Waals surface area contributed by atoms with Crippen LogP contribution < -0.4 is 11.1 Å². The van der Waals surface area contributed by atoms with Gasteiger partial charge in [-0.15, -0.1) is 11.8 Å². The van der Waals surface area contributed by atoms with Crippen LogP contribution in [0.1, 0.15) is 40.5 Å². The first-order valence-corrected chi connectivity index (χ1v) is 7.73. The number of nitrogens with two attached hydrogens (primary N) is 1. The maximum atomic E-state index is 12.2. The van der Waals surface area contributed by atoms with Gasteiger partial charge in [0, 0.05) is 10.3 Å². The predicted molar refractivity (Wildman–Crippen MR) is 84.6 cm³/mol. The molecule has 0 aliphatic rings. The number of benzene rings is 1. The lowest BCUT2D eigenvalue weighted by molar-refractivity contribution is -0.124. The Bertz CT molecular complexity index is 444. The van der Waals surface area contributed by atoms with E-state index in [1.165, 1.54) is 0 Å². The van der Waals surface area contributed by atoms with Crippen molar-refractivity contribution in [2.45, 2.75) is 45.4 Å². The van der Waals surface area contributed by atoms with E-state index in [-0.39, 0.29) is 11.3 Å². The molecule has 0 saturated carbocycles. The number of nitrogen functional groups attached to an aromatic ring is 1. The van der Waals surface area contributed by atoms with E-state index in [1.807, 2.05) is 39.0 Å². The number of thioether (sulfide) groups is 1. The average Bonchev–Trinajstić information content (AvgIpc) is 2.39. The molecule has 0 spiro atoms. The SMILES string of the molecule is CCCSc1ccc(N)c(NC(=O)C(C)(C)CC)c1. The molecule has 0 fully saturated rings. The summed E-state index contributed by atoms with van der Waals surface area (Å²) in [6.45, 7) is 8.04. The van der Waals surface area contributed by atoms with Gasteiger partial charge >= 0.3 is 0 Å². The highest BCUT2D eigenvalue weighted by atomic mass is 32.2. The molecule has 0 bridgehead atoms. The monoisotopic (exact) mass is 280 g/mol. The van der Waals surface area contributed by atoms with Gasteiger partial charge in [-0.05, 0) is 36.8 Å². The normalized spacial score (nSPS) is 11.4. The van der Waals surface area contributed by atoms with Crippen LogP contribution in [-0.4, -0.2) is 11.7 Å². The average molecular weight is 280 g/mol. The van der Waals surface area contributed by atoms with E-state index in [1.54, 1.807) is 11.8 Å². The van der Waals surface area contributed by atoms with Gasteiger partial charge in [0.1, 0.15) is 0 Å². The highest BCUT2D eigenvalue weighted by molar-refractivity contribution is 7.99. The zero-order chi connectivity index (χ0) is 14.5. The topological polar surface area (TPSA) is 55.1 Å². The quantitative estimate of drug-likeness (QED) is 0.608. The molecule has 0 heterocycles. The summed E-state index contributed by atoms with van der Waals surface area (Å²) < 4.78 is 0. The van der Waals surface area contributed by atoms with Crippen molar-refractivity contribution in [3.8, 4) is 0 Å². The molecule has 3 nitrogen and oxygen atoms in total. The predicted octanol–water partition coefficient (Wildman–Crippen LogP) is 4.15. The first-order chi connectivity index (χ1) is 8.90. The minimum atomic E-state index is -0.376. The summed E-state index contributed by atoms with van der Waals surface area (Å²) in [4.78, 5) is 13.3. The zero-order valence-electron chi connectivity index (χ0n) is 12.2. The van der Waals surface area contributed by atoms with Gasteiger partial charge in [0.15, 0.2) is 0 Å². The fourth-order valence-electron chi connectivity index (χ4n) is 1.41. The summed E-state index contributed by atoms with van der Waals surface area (Å²) in [7, 11) is 0. The summed E-state index contributed by atoms with van der Waals surface area (Å²) in [5, 5.41) is 2.94. The van der Waals surface area contributed by atoms with Crippen molar-refractivity contribution in [1.82, 2.24) is 0 Å². The lowest BCUT2D eigenvalue weighted by atomic mass is 9.89. The number of amides is 1. The molecule has 4 heteroatoms. The molecule has 0 atom stereocenters. The highest BCUT2D eigenvalue weighted by Crippen LogP contribution is 2.29. The first kappa shape index (κ1) is 15.9. The van der Waals surface area contributed by atoms with E-state index in [4.69, 9.17) is 5.73 Å². The summed E-state index contributed by atoms with van der Waals surface area (Å²) in [6, 6.07) is 5.81. The Hall–Kier alpha value is -1.16. The Morgan fingerprint density at radius 3 is 2.63 bits per heavy atom. The molecule has 0 unspecified atom stereocenters. The second-order valence-corrected chi connectivity index (χ2v) is 6.46. The molecule has 0 aromatic heterocycles. The van der Waals surface area contributed by atoms with Crippen LogP contribution in [0.3, 0.4) is 0 Å². The largest absolute Gasteiger partial charge is 0.397 e. The summed E-state index contributed by atoms with van der Waals surface area (Å²) >= 11 is 1.78. The van der Waals surface area contributed by atoms with Crippen molar-refractivity contribution in [2.75, 3.05) is 16.8 Å². The van der Waals surface area contributed by atoms with E-state index in [0.717, 1.165) is 23.5 Å². The molecule has 106 valence electrons. The van der Waals surface area contributed by atoms with Crippen molar-refractivity contribution in [3.63, 3.8) is 0 Å². The molecule has 1 amide bonds. The van der Waals surface area contributed by atoms with Gasteiger partial charge < -0.3 is 11.1 Å². The van der Waals surface area contributed by atoms with E-state index in [0.29, 0.717) is 11.4 Å². The minimum absolute atomic E-state index is 0.0133. The van der Waals surface area contributed by atoms with Crippen molar-refractivity contribution in [2.24, 2.45) is 5.41 Å². The van der Waals surface area contributed by atoms with E-state index in [9.17, 15) is 4.79 Å². The Balaban J connectivity index is 2.85. The van der Waals surface area contributed by atoms with Crippen LogP contribution in [0.15, 0.2) is 23.1 Å². The summed E-state index contributed by atoms with van der Waals surface area (Å²) in [5.41, 5.74) is 6.88. The summed E-state index contributed by atoms with van der Waals surface area (Å²) in [5.74, 6) is 1.08. The van der Waals surface area contributed by atoms with Crippen LogP contribution in [0.5, 0.6) is 0 Å². The second-order valence-electron chi connectivity index (χ2n) is 5.29. The van der Waals surface area contributed by atoms with Crippen molar-refractivity contribution in [3.05, 3.63) is 18.2 Å². The van der Waals surface area contributed by atoms with Gasteiger partial charge in [-0.25, -0.2) is 0 Å². The van der Waals surface area contributed by atoms with Crippen LogP contribution in [0.2, 0.25) is 0 Å². The Morgan fingerprint density at radius 1 is 1.37 bits per heavy atom. The lowest BCUT2D eigenvalue weighted by Crippen LogP contribution is -2.30. The molecular formula is C15H24N2OS. The van der Waals surface area contributed by atoms with Gasteiger partial charge in [0.2, 0.25) is 5.91 Å². The van der Waals surface area contributed by atoms with Crippen LogP contribution in [0, 0.1) is 5.41 Å².